The molecular weight excluding hydrogens is 324 g/mol. The van der Waals surface area contributed by atoms with Crippen LogP contribution in [0, 0.1) is 13.8 Å². The van der Waals surface area contributed by atoms with Crippen molar-refractivity contribution < 1.29 is 14.3 Å². The maximum atomic E-state index is 12.2. The molecule has 0 bridgehead atoms. The number of aromatic nitrogens is 1. The summed E-state index contributed by atoms with van der Waals surface area (Å²) in [5.41, 5.74) is 1.88. The van der Waals surface area contributed by atoms with Crippen molar-refractivity contribution in [2.75, 3.05) is 19.8 Å². The molecule has 0 radical (unpaired) electrons. The molecule has 2 rings (SSSR count). The summed E-state index contributed by atoms with van der Waals surface area (Å²) in [6.45, 7) is 9.41. The Hall–Kier alpha value is -2.08. The van der Waals surface area contributed by atoms with E-state index in [4.69, 9.17) is 9.47 Å². The zero-order chi connectivity index (χ0) is 17.5. The van der Waals surface area contributed by atoms with E-state index in [0.29, 0.717) is 24.6 Å². The zero-order valence-electron chi connectivity index (χ0n) is 14.6. The third kappa shape index (κ3) is 4.71. The van der Waals surface area contributed by atoms with Crippen LogP contribution in [0.4, 0.5) is 0 Å². The predicted molar refractivity (Wildman–Crippen MR) is 96.4 cm³/mol. The Kier molecular flexibility index (Phi) is 6.61. The van der Waals surface area contributed by atoms with Gasteiger partial charge in [0.15, 0.2) is 11.5 Å². The topological polar surface area (TPSA) is 60.5 Å². The van der Waals surface area contributed by atoms with Crippen LogP contribution in [-0.4, -0.2) is 30.6 Å². The summed E-state index contributed by atoms with van der Waals surface area (Å²) in [6.07, 6.45) is 0.731. The maximum absolute atomic E-state index is 12.2. The third-order valence-electron chi connectivity index (χ3n) is 3.42. The van der Waals surface area contributed by atoms with Crippen molar-refractivity contribution in [1.82, 2.24) is 10.3 Å². The Labute approximate surface area is 147 Å². The van der Waals surface area contributed by atoms with Crippen molar-refractivity contribution >= 4 is 17.2 Å². The third-order valence-corrected chi connectivity index (χ3v) is 4.49. The van der Waals surface area contributed by atoms with E-state index in [1.165, 1.54) is 11.3 Å². The second-order valence-corrected chi connectivity index (χ2v) is 6.50. The van der Waals surface area contributed by atoms with E-state index in [2.05, 4.69) is 10.3 Å². The lowest BCUT2D eigenvalue weighted by Gasteiger charge is -2.12. The maximum Gasteiger partial charge on any atom is 0.263 e. The number of ether oxygens (including phenoxy) is 2. The van der Waals surface area contributed by atoms with Gasteiger partial charge in [-0.2, -0.15) is 0 Å². The van der Waals surface area contributed by atoms with E-state index in [9.17, 15) is 4.79 Å². The lowest BCUT2D eigenvalue weighted by molar-refractivity contribution is 0.0957. The van der Waals surface area contributed by atoms with Gasteiger partial charge in [0.25, 0.3) is 5.91 Å². The fraction of sp³-hybridized carbons (Fsp3) is 0.444. The van der Waals surface area contributed by atoms with E-state index < -0.39 is 0 Å². The van der Waals surface area contributed by atoms with Crippen molar-refractivity contribution in [2.24, 2.45) is 0 Å². The van der Waals surface area contributed by atoms with Crippen molar-refractivity contribution in [3.8, 4) is 11.5 Å². The molecule has 2 aromatic rings. The first-order valence-electron chi connectivity index (χ1n) is 8.15. The molecule has 1 amide bonds. The highest BCUT2D eigenvalue weighted by Gasteiger charge is 2.13. The summed E-state index contributed by atoms with van der Waals surface area (Å²) in [7, 11) is 0. The minimum atomic E-state index is -0.0610. The summed E-state index contributed by atoms with van der Waals surface area (Å²) >= 11 is 1.43. The smallest absolute Gasteiger partial charge is 0.263 e. The summed E-state index contributed by atoms with van der Waals surface area (Å²) in [5.74, 6) is 1.44. The predicted octanol–water partition coefficient (Wildman–Crippen LogP) is 3.53. The standard InChI is InChI=1S/C18H24N2O3S/c1-5-22-15-8-7-14(11-16(15)23-6-2)9-10-19-18(21)17-12(3)20-13(4)24-17/h7-8,11H,5-6,9-10H2,1-4H3,(H,19,21). The number of rotatable bonds is 8. The molecule has 0 unspecified atom stereocenters. The van der Waals surface area contributed by atoms with Gasteiger partial charge < -0.3 is 14.8 Å². The number of benzene rings is 1. The van der Waals surface area contributed by atoms with Crippen LogP contribution in [0.5, 0.6) is 11.5 Å². The molecule has 1 aromatic heterocycles. The molecule has 24 heavy (non-hydrogen) atoms. The minimum absolute atomic E-state index is 0.0610. The van der Waals surface area contributed by atoms with Gasteiger partial charge in [0.05, 0.1) is 23.9 Å². The van der Waals surface area contributed by atoms with Gasteiger partial charge in [-0.25, -0.2) is 4.98 Å². The Balaban J connectivity index is 1.95. The monoisotopic (exact) mass is 348 g/mol. The van der Waals surface area contributed by atoms with Gasteiger partial charge in [-0.05, 0) is 51.8 Å². The van der Waals surface area contributed by atoms with E-state index in [1.54, 1.807) is 0 Å². The Morgan fingerprint density at radius 3 is 2.50 bits per heavy atom. The first-order valence-corrected chi connectivity index (χ1v) is 8.97. The summed E-state index contributed by atoms with van der Waals surface area (Å²) in [6, 6.07) is 5.90. The van der Waals surface area contributed by atoms with Gasteiger partial charge in [0.1, 0.15) is 4.88 Å². The van der Waals surface area contributed by atoms with Gasteiger partial charge in [-0.1, -0.05) is 6.07 Å². The van der Waals surface area contributed by atoms with Gasteiger partial charge in [-0.3, -0.25) is 4.79 Å². The Bertz CT molecular complexity index is 698. The highest BCUT2D eigenvalue weighted by molar-refractivity contribution is 7.13. The van der Waals surface area contributed by atoms with Crippen LogP contribution in [0.1, 0.15) is 39.8 Å². The van der Waals surface area contributed by atoms with Gasteiger partial charge in [0.2, 0.25) is 0 Å². The average Bonchev–Trinajstić information content (AvgIpc) is 2.89. The summed E-state index contributed by atoms with van der Waals surface area (Å²) in [5, 5.41) is 3.86. The molecule has 1 N–H and O–H groups in total. The molecule has 130 valence electrons. The summed E-state index contributed by atoms with van der Waals surface area (Å²) in [4.78, 5) is 17.2. The fourth-order valence-corrected chi connectivity index (χ4v) is 3.23. The normalized spacial score (nSPS) is 10.5. The molecule has 1 aromatic carbocycles. The second-order valence-electron chi connectivity index (χ2n) is 5.30. The molecular formula is C18H24N2O3S. The van der Waals surface area contributed by atoms with Crippen LogP contribution >= 0.6 is 11.3 Å². The molecule has 1 heterocycles. The number of hydrogen-bond acceptors (Lipinski definition) is 5. The molecule has 0 saturated heterocycles. The van der Waals surface area contributed by atoms with Gasteiger partial charge in [-0.15, -0.1) is 11.3 Å². The molecule has 0 aliphatic carbocycles. The first-order chi connectivity index (χ1) is 11.5. The average molecular weight is 348 g/mol. The lowest BCUT2D eigenvalue weighted by atomic mass is 10.1. The molecule has 0 spiro atoms. The molecule has 6 heteroatoms. The lowest BCUT2D eigenvalue weighted by Crippen LogP contribution is -2.25. The van der Waals surface area contributed by atoms with Crippen LogP contribution < -0.4 is 14.8 Å². The van der Waals surface area contributed by atoms with E-state index >= 15 is 0 Å². The number of amides is 1. The summed E-state index contributed by atoms with van der Waals surface area (Å²) < 4.78 is 11.2. The van der Waals surface area contributed by atoms with Crippen LogP contribution in [0.15, 0.2) is 18.2 Å². The van der Waals surface area contributed by atoms with Gasteiger partial charge >= 0.3 is 0 Å². The number of nitrogens with zero attached hydrogens (tertiary/aromatic N) is 1. The van der Waals surface area contributed by atoms with Crippen LogP contribution in [0.3, 0.4) is 0 Å². The van der Waals surface area contributed by atoms with Crippen LogP contribution in [0.25, 0.3) is 0 Å². The fourth-order valence-electron chi connectivity index (χ4n) is 2.39. The highest BCUT2D eigenvalue weighted by Crippen LogP contribution is 2.28. The molecule has 0 saturated carbocycles. The van der Waals surface area contributed by atoms with Crippen molar-refractivity contribution in [3.63, 3.8) is 0 Å². The Morgan fingerprint density at radius 1 is 1.17 bits per heavy atom. The van der Waals surface area contributed by atoms with Gasteiger partial charge in [0, 0.05) is 6.54 Å². The number of nitrogens with one attached hydrogen (secondary N) is 1. The molecule has 5 nitrogen and oxygen atoms in total. The number of aryl methyl sites for hydroxylation is 2. The van der Waals surface area contributed by atoms with Crippen molar-refractivity contribution in [2.45, 2.75) is 34.1 Å². The van der Waals surface area contributed by atoms with E-state index in [1.807, 2.05) is 45.9 Å². The SMILES string of the molecule is CCOc1ccc(CCNC(=O)c2sc(C)nc2C)cc1OCC. The zero-order valence-corrected chi connectivity index (χ0v) is 15.5. The first kappa shape index (κ1) is 18.3. The molecule has 0 atom stereocenters. The second kappa shape index (κ2) is 8.68. The van der Waals surface area contributed by atoms with Crippen molar-refractivity contribution in [3.05, 3.63) is 39.3 Å². The molecule has 0 aliphatic heterocycles. The highest BCUT2D eigenvalue weighted by atomic mass is 32.1. The van der Waals surface area contributed by atoms with E-state index in [-0.39, 0.29) is 5.91 Å². The van der Waals surface area contributed by atoms with Crippen LogP contribution in [-0.2, 0) is 6.42 Å². The quantitative estimate of drug-likeness (QED) is 0.793. The minimum Gasteiger partial charge on any atom is -0.490 e. The van der Waals surface area contributed by atoms with E-state index in [0.717, 1.165) is 34.2 Å². The molecule has 0 aliphatic rings. The number of carbonyl (C=O) groups is 1. The number of thiazole rings is 1. The number of carbonyl (C=O) groups excluding carboxylic acids is 1. The van der Waals surface area contributed by atoms with Crippen LogP contribution in [0.2, 0.25) is 0 Å². The Morgan fingerprint density at radius 2 is 1.88 bits per heavy atom. The number of hydrogen-bond donors (Lipinski definition) is 1. The molecule has 0 fully saturated rings. The largest absolute Gasteiger partial charge is 0.490 e. The van der Waals surface area contributed by atoms with Crippen molar-refractivity contribution in [1.29, 1.82) is 0 Å².